The second-order valence-corrected chi connectivity index (χ2v) is 6.42. The van der Waals surface area contributed by atoms with Crippen LogP contribution in [0.5, 0.6) is 0 Å². The van der Waals surface area contributed by atoms with Crippen molar-refractivity contribution in [1.82, 2.24) is 0 Å². The molecule has 1 atom stereocenters. The summed E-state index contributed by atoms with van der Waals surface area (Å²) in [7, 11) is 0. The lowest BCUT2D eigenvalue weighted by Gasteiger charge is -2.25. The van der Waals surface area contributed by atoms with Gasteiger partial charge in [-0.2, -0.15) is 0 Å². The van der Waals surface area contributed by atoms with E-state index in [1.807, 2.05) is 6.07 Å². The van der Waals surface area contributed by atoms with Crippen LogP contribution in [0.4, 0.5) is 10.1 Å². The number of aliphatic hydroxyl groups excluding tert-OH is 1. The molecule has 1 N–H and O–H groups in total. The number of nitrogens with zero attached hydrogens (tertiary/aromatic N) is 1. The first-order valence-corrected chi connectivity index (χ1v) is 8.75. The number of carbonyl (C=O) groups excluding carboxylic acids is 2. The molecule has 1 aliphatic rings. The summed E-state index contributed by atoms with van der Waals surface area (Å²) in [5.74, 6) is -2.23. The fourth-order valence-electron chi connectivity index (χ4n) is 3.40. The van der Waals surface area contributed by atoms with E-state index in [1.165, 1.54) is 29.2 Å². The molecule has 1 fully saturated rings. The highest BCUT2D eigenvalue weighted by Gasteiger charge is 2.46. The van der Waals surface area contributed by atoms with E-state index in [4.69, 9.17) is 0 Å². The van der Waals surface area contributed by atoms with Gasteiger partial charge in [0, 0.05) is 11.3 Å². The summed E-state index contributed by atoms with van der Waals surface area (Å²) < 4.78 is 13.4. The van der Waals surface area contributed by atoms with Crippen LogP contribution in [-0.2, 0) is 9.59 Å². The minimum atomic E-state index is -0.813. The number of anilines is 1. The van der Waals surface area contributed by atoms with Gasteiger partial charge in [0.25, 0.3) is 11.7 Å². The summed E-state index contributed by atoms with van der Waals surface area (Å²) in [6.07, 6.45) is 0. The molecule has 0 spiro atoms. The Kier molecular flexibility index (Phi) is 4.49. The number of halogens is 1. The van der Waals surface area contributed by atoms with Gasteiger partial charge in [-0.25, -0.2) is 4.39 Å². The van der Waals surface area contributed by atoms with Crippen molar-refractivity contribution < 1.29 is 19.1 Å². The first-order valence-electron chi connectivity index (χ1n) is 8.75. The molecule has 1 heterocycles. The maximum Gasteiger partial charge on any atom is 0.300 e. The van der Waals surface area contributed by atoms with Gasteiger partial charge in [-0.1, -0.05) is 60.7 Å². The lowest BCUT2D eigenvalue weighted by molar-refractivity contribution is -0.132. The van der Waals surface area contributed by atoms with Crippen molar-refractivity contribution in [3.8, 4) is 0 Å². The van der Waals surface area contributed by atoms with Crippen molar-refractivity contribution in [3.05, 3.63) is 107 Å². The molecule has 0 saturated carbocycles. The van der Waals surface area contributed by atoms with E-state index in [-0.39, 0.29) is 11.3 Å². The highest BCUT2D eigenvalue weighted by atomic mass is 19.1. The molecule has 1 saturated heterocycles. The molecule has 0 radical (unpaired) electrons. The Bertz CT molecular complexity index is 1060. The van der Waals surface area contributed by atoms with Gasteiger partial charge in [-0.15, -0.1) is 0 Å². The molecule has 3 aromatic carbocycles. The van der Waals surface area contributed by atoms with Crippen molar-refractivity contribution in [2.75, 3.05) is 4.90 Å². The molecule has 3 aromatic rings. The molecule has 4 nitrogen and oxygen atoms in total. The van der Waals surface area contributed by atoms with Crippen molar-refractivity contribution in [3.63, 3.8) is 0 Å². The minimum absolute atomic E-state index is 0.00623. The maximum absolute atomic E-state index is 13.4. The van der Waals surface area contributed by atoms with E-state index in [0.717, 1.165) is 0 Å². The van der Waals surface area contributed by atoms with Gasteiger partial charge >= 0.3 is 0 Å². The zero-order valence-electron chi connectivity index (χ0n) is 14.7. The second kappa shape index (κ2) is 7.12. The van der Waals surface area contributed by atoms with E-state index >= 15 is 0 Å². The van der Waals surface area contributed by atoms with Gasteiger partial charge < -0.3 is 5.11 Å². The van der Waals surface area contributed by atoms with Gasteiger partial charge in [-0.05, 0) is 29.8 Å². The van der Waals surface area contributed by atoms with Crippen LogP contribution >= 0.6 is 0 Å². The van der Waals surface area contributed by atoms with Crippen molar-refractivity contribution >= 4 is 23.1 Å². The smallest absolute Gasteiger partial charge is 0.300 e. The van der Waals surface area contributed by atoms with Crippen LogP contribution in [0.25, 0.3) is 5.76 Å². The van der Waals surface area contributed by atoms with Gasteiger partial charge in [0.2, 0.25) is 0 Å². The highest BCUT2D eigenvalue weighted by Crippen LogP contribution is 2.41. The lowest BCUT2D eigenvalue weighted by atomic mass is 9.95. The molecule has 5 heteroatoms. The van der Waals surface area contributed by atoms with Crippen LogP contribution in [0.1, 0.15) is 17.2 Å². The molecule has 0 unspecified atom stereocenters. The summed E-state index contributed by atoms with van der Waals surface area (Å²) in [5, 5.41) is 10.9. The fraction of sp³-hybridized carbons (Fsp3) is 0.0435. The SMILES string of the molecule is O=C1C(=O)N(c2ccc(F)cc2)[C@@H](c2ccccc2)C1=C(O)c1ccccc1. The van der Waals surface area contributed by atoms with E-state index in [2.05, 4.69) is 0 Å². The number of benzene rings is 3. The summed E-state index contributed by atoms with van der Waals surface area (Å²) in [6, 6.07) is 22.1. The van der Waals surface area contributed by atoms with Crippen LogP contribution in [0, 0.1) is 5.82 Å². The van der Waals surface area contributed by atoms with Crippen molar-refractivity contribution in [1.29, 1.82) is 0 Å². The third-order valence-corrected chi connectivity index (χ3v) is 4.71. The molecule has 0 aliphatic carbocycles. The highest BCUT2D eigenvalue weighted by molar-refractivity contribution is 6.51. The van der Waals surface area contributed by atoms with Crippen molar-refractivity contribution in [2.45, 2.75) is 6.04 Å². The molecule has 0 bridgehead atoms. The van der Waals surface area contributed by atoms with Crippen LogP contribution < -0.4 is 4.90 Å². The Morgan fingerprint density at radius 3 is 2.00 bits per heavy atom. The number of hydrogen-bond acceptors (Lipinski definition) is 3. The maximum atomic E-state index is 13.4. The molecular formula is C23H16FNO3. The summed E-state index contributed by atoms with van der Waals surface area (Å²) in [4.78, 5) is 27.0. The Labute approximate surface area is 161 Å². The first kappa shape index (κ1) is 17.7. The van der Waals surface area contributed by atoms with E-state index in [0.29, 0.717) is 16.8 Å². The topological polar surface area (TPSA) is 57.6 Å². The Morgan fingerprint density at radius 1 is 0.821 bits per heavy atom. The molecule has 1 aliphatic heterocycles. The monoisotopic (exact) mass is 373 g/mol. The van der Waals surface area contributed by atoms with Crippen LogP contribution in [0.15, 0.2) is 90.5 Å². The zero-order valence-corrected chi connectivity index (χ0v) is 14.7. The summed E-state index contributed by atoms with van der Waals surface area (Å²) >= 11 is 0. The van der Waals surface area contributed by atoms with Gasteiger partial charge in [0.1, 0.15) is 11.6 Å². The summed E-state index contributed by atoms with van der Waals surface area (Å²) in [5.41, 5.74) is 1.50. The Hall–Kier alpha value is -3.73. The standard InChI is InChI=1S/C23H16FNO3/c24-17-11-13-18(14-12-17)25-20(15-7-3-1-4-8-15)19(22(27)23(25)28)21(26)16-9-5-2-6-10-16/h1-14,20,26H/t20-/m0/s1. The predicted molar refractivity (Wildman–Crippen MR) is 104 cm³/mol. The number of amides is 1. The normalized spacial score (nSPS) is 18.5. The molecule has 28 heavy (non-hydrogen) atoms. The van der Waals surface area contributed by atoms with Crippen LogP contribution in [0.2, 0.25) is 0 Å². The molecule has 4 rings (SSSR count). The Balaban J connectivity index is 1.94. The predicted octanol–water partition coefficient (Wildman–Crippen LogP) is 4.45. The zero-order chi connectivity index (χ0) is 19.7. The van der Waals surface area contributed by atoms with E-state index in [1.54, 1.807) is 54.6 Å². The number of ketones is 1. The van der Waals surface area contributed by atoms with Gasteiger partial charge in [0.05, 0.1) is 11.6 Å². The van der Waals surface area contributed by atoms with Crippen LogP contribution in [0.3, 0.4) is 0 Å². The van der Waals surface area contributed by atoms with Crippen molar-refractivity contribution in [2.24, 2.45) is 0 Å². The molecule has 0 aromatic heterocycles. The number of Topliss-reactive ketones (excluding diaryl/α,β-unsaturated/α-hetero) is 1. The number of carbonyl (C=O) groups is 2. The Morgan fingerprint density at radius 2 is 1.39 bits per heavy atom. The van der Waals surface area contributed by atoms with E-state index < -0.39 is 23.5 Å². The third kappa shape index (κ3) is 2.97. The van der Waals surface area contributed by atoms with Crippen LogP contribution in [-0.4, -0.2) is 16.8 Å². The first-order chi connectivity index (χ1) is 13.6. The second-order valence-electron chi connectivity index (χ2n) is 6.42. The fourth-order valence-corrected chi connectivity index (χ4v) is 3.40. The third-order valence-electron chi connectivity index (χ3n) is 4.71. The van der Waals surface area contributed by atoms with Gasteiger partial charge in [0.15, 0.2) is 0 Å². The number of aliphatic hydroxyl groups is 1. The van der Waals surface area contributed by atoms with Gasteiger partial charge in [-0.3, -0.25) is 14.5 Å². The molecule has 138 valence electrons. The average molecular weight is 373 g/mol. The quantitative estimate of drug-likeness (QED) is 0.419. The molecule has 1 amide bonds. The average Bonchev–Trinajstić information content (AvgIpc) is 3.00. The minimum Gasteiger partial charge on any atom is -0.507 e. The lowest BCUT2D eigenvalue weighted by Crippen LogP contribution is -2.29. The molecular weight excluding hydrogens is 357 g/mol. The number of hydrogen-bond donors (Lipinski definition) is 1. The van der Waals surface area contributed by atoms with E-state index in [9.17, 15) is 19.1 Å². The summed E-state index contributed by atoms with van der Waals surface area (Å²) in [6.45, 7) is 0. The number of rotatable bonds is 3. The largest absolute Gasteiger partial charge is 0.507 e.